The summed E-state index contributed by atoms with van der Waals surface area (Å²) in [7, 11) is -2.49. The summed E-state index contributed by atoms with van der Waals surface area (Å²) in [6.45, 7) is 5.39. The molecule has 2 amide bonds. The molecule has 2 aromatic rings. The van der Waals surface area contributed by atoms with E-state index >= 15 is 0 Å². The Morgan fingerprint density at radius 1 is 1.07 bits per heavy atom. The number of ether oxygens (including phenoxy) is 1. The SMILES string of the molecule is CCC(C)(C)N(C1CC(=O)N(c2ccc(OC)cc2)C1=O)S(=O)(=O)c1ccccc1. The van der Waals surface area contributed by atoms with Crippen molar-refractivity contribution in [1.82, 2.24) is 4.31 Å². The van der Waals surface area contributed by atoms with Crippen molar-refractivity contribution in [2.45, 2.75) is 50.1 Å². The highest BCUT2D eigenvalue weighted by molar-refractivity contribution is 7.89. The van der Waals surface area contributed by atoms with E-state index in [-0.39, 0.29) is 11.3 Å². The van der Waals surface area contributed by atoms with Gasteiger partial charge in [-0.2, -0.15) is 4.31 Å². The number of anilines is 1. The largest absolute Gasteiger partial charge is 0.497 e. The molecule has 0 radical (unpaired) electrons. The zero-order valence-corrected chi connectivity index (χ0v) is 18.3. The second-order valence-electron chi connectivity index (χ2n) is 7.77. The number of carbonyl (C=O) groups is 2. The topological polar surface area (TPSA) is 84.0 Å². The van der Waals surface area contributed by atoms with Crippen molar-refractivity contribution in [3.63, 3.8) is 0 Å². The highest BCUT2D eigenvalue weighted by Crippen LogP contribution is 2.35. The molecule has 160 valence electrons. The Hall–Kier alpha value is -2.71. The van der Waals surface area contributed by atoms with E-state index in [0.717, 1.165) is 4.90 Å². The number of benzene rings is 2. The Morgan fingerprint density at radius 3 is 2.20 bits per heavy atom. The van der Waals surface area contributed by atoms with Crippen molar-refractivity contribution >= 4 is 27.5 Å². The van der Waals surface area contributed by atoms with Gasteiger partial charge in [-0.05, 0) is 56.7 Å². The molecule has 30 heavy (non-hydrogen) atoms. The summed E-state index contributed by atoms with van der Waals surface area (Å²) < 4.78 is 33.4. The maximum atomic E-state index is 13.5. The summed E-state index contributed by atoms with van der Waals surface area (Å²) in [5, 5.41) is 0. The first-order valence-corrected chi connectivity index (χ1v) is 11.2. The quantitative estimate of drug-likeness (QED) is 0.630. The molecule has 0 aromatic heterocycles. The van der Waals surface area contributed by atoms with E-state index in [1.165, 1.54) is 23.5 Å². The Kier molecular flexibility index (Phi) is 6.01. The molecule has 1 unspecified atom stereocenters. The van der Waals surface area contributed by atoms with Gasteiger partial charge >= 0.3 is 0 Å². The van der Waals surface area contributed by atoms with Crippen LogP contribution in [0.1, 0.15) is 33.6 Å². The summed E-state index contributed by atoms with van der Waals surface area (Å²) in [5.41, 5.74) is -0.481. The average molecular weight is 431 g/mol. The van der Waals surface area contributed by atoms with Crippen LogP contribution in [0.3, 0.4) is 0 Å². The minimum atomic E-state index is -4.01. The van der Waals surface area contributed by atoms with E-state index in [0.29, 0.717) is 17.9 Å². The average Bonchev–Trinajstić information content (AvgIpc) is 3.02. The highest BCUT2D eigenvalue weighted by atomic mass is 32.2. The number of methoxy groups -OCH3 is 1. The molecule has 1 saturated heterocycles. The lowest BCUT2D eigenvalue weighted by atomic mass is 10.00. The van der Waals surface area contributed by atoms with Gasteiger partial charge in [-0.1, -0.05) is 25.1 Å². The third kappa shape index (κ3) is 3.85. The van der Waals surface area contributed by atoms with Crippen molar-refractivity contribution in [3.8, 4) is 5.75 Å². The van der Waals surface area contributed by atoms with E-state index in [1.807, 2.05) is 6.92 Å². The molecule has 0 N–H and O–H groups in total. The van der Waals surface area contributed by atoms with E-state index in [4.69, 9.17) is 4.74 Å². The Labute approximate surface area is 177 Å². The molecule has 1 aliphatic heterocycles. The number of carbonyl (C=O) groups excluding carboxylic acids is 2. The second kappa shape index (κ2) is 8.20. The smallest absolute Gasteiger partial charge is 0.252 e. The molecule has 2 aromatic carbocycles. The first kappa shape index (κ1) is 22.0. The summed E-state index contributed by atoms with van der Waals surface area (Å²) >= 11 is 0. The number of hydrogen-bond acceptors (Lipinski definition) is 5. The first-order valence-electron chi connectivity index (χ1n) is 9.74. The molecule has 1 aliphatic rings. The molecule has 7 nitrogen and oxygen atoms in total. The lowest BCUT2D eigenvalue weighted by Gasteiger charge is -2.39. The Bertz CT molecular complexity index is 1030. The Morgan fingerprint density at radius 2 is 1.67 bits per heavy atom. The monoisotopic (exact) mass is 430 g/mol. The number of imide groups is 1. The van der Waals surface area contributed by atoms with E-state index in [9.17, 15) is 18.0 Å². The van der Waals surface area contributed by atoms with E-state index in [2.05, 4.69) is 0 Å². The molecular weight excluding hydrogens is 404 g/mol. The third-order valence-electron chi connectivity index (χ3n) is 5.50. The fraction of sp³-hybridized carbons (Fsp3) is 0.364. The molecule has 8 heteroatoms. The van der Waals surface area contributed by atoms with Crippen LogP contribution in [0.25, 0.3) is 0 Å². The zero-order valence-electron chi connectivity index (χ0n) is 17.5. The molecule has 1 atom stereocenters. The van der Waals surface area contributed by atoms with Gasteiger partial charge in [0.2, 0.25) is 15.9 Å². The molecule has 0 saturated carbocycles. The zero-order chi connectivity index (χ0) is 22.1. The maximum absolute atomic E-state index is 13.5. The van der Waals surface area contributed by atoms with Gasteiger partial charge in [-0.15, -0.1) is 0 Å². The van der Waals surface area contributed by atoms with Crippen LogP contribution in [-0.2, 0) is 19.6 Å². The third-order valence-corrected chi connectivity index (χ3v) is 7.63. The number of sulfonamides is 1. The predicted octanol–water partition coefficient (Wildman–Crippen LogP) is 3.21. The normalized spacial score (nSPS) is 17.6. The summed E-state index contributed by atoms with van der Waals surface area (Å²) in [6, 6.07) is 13.4. The standard InChI is InChI=1S/C22H26N2O5S/c1-5-22(2,3)24(30(27,28)18-9-7-6-8-10-18)19-15-20(25)23(21(19)26)16-11-13-17(29-4)14-12-16/h6-14,19H,5,15H2,1-4H3. The van der Waals surface area contributed by atoms with Crippen LogP contribution in [0.4, 0.5) is 5.69 Å². The lowest BCUT2D eigenvalue weighted by Crippen LogP contribution is -2.55. The summed E-state index contributed by atoms with van der Waals surface area (Å²) in [6.07, 6.45) is 0.264. The Balaban J connectivity index is 2.05. The summed E-state index contributed by atoms with van der Waals surface area (Å²) in [5.74, 6) is -0.392. The van der Waals surface area contributed by atoms with Crippen LogP contribution in [0, 0.1) is 0 Å². The van der Waals surface area contributed by atoms with Gasteiger partial charge < -0.3 is 4.74 Å². The van der Waals surface area contributed by atoms with Crippen LogP contribution in [-0.4, -0.2) is 43.2 Å². The van der Waals surface area contributed by atoms with Crippen LogP contribution in [0.5, 0.6) is 5.75 Å². The number of nitrogens with zero attached hydrogens (tertiary/aromatic N) is 2. The molecule has 1 fully saturated rings. The minimum Gasteiger partial charge on any atom is -0.497 e. The van der Waals surface area contributed by atoms with Crippen LogP contribution < -0.4 is 9.64 Å². The molecule has 0 bridgehead atoms. The summed E-state index contributed by atoms with van der Waals surface area (Å²) in [4.78, 5) is 27.3. The number of hydrogen-bond donors (Lipinski definition) is 0. The second-order valence-corrected chi connectivity index (χ2v) is 9.58. The number of rotatable bonds is 7. The van der Waals surface area contributed by atoms with Crippen molar-refractivity contribution in [2.75, 3.05) is 12.0 Å². The van der Waals surface area contributed by atoms with Crippen molar-refractivity contribution < 1.29 is 22.7 Å². The van der Waals surface area contributed by atoms with Gasteiger partial charge in [-0.25, -0.2) is 13.3 Å². The predicted molar refractivity (Wildman–Crippen MR) is 114 cm³/mol. The first-order chi connectivity index (χ1) is 14.1. The van der Waals surface area contributed by atoms with Crippen LogP contribution in [0.2, 0.25) is 0 Å². The van der Waals surface area contributed by atoms with Gasteiger partial charge in [0, 0.05) is 5.54 Å². The molecular formula is C22H26N2O5S. The van der Waals surface area contributed by atoms with Gasteiger partial charge in [0.05, 0.1) is 24.1 Å². The van der Waals surface area contributed by atoms with Crippen molar-refractivity contribution in [1.29, 1.82) is 0 Å². The van der Waals surface area contributed by atoms with Crippen LogP contribution >= 0.6 is 0 Å². The van der Waals surface area contributed by atoms with Crippen LogP contribution in [0.15, 0.2) is 59.5 Å². The fourth-order valence-electron chi connectivity index (χ4n) is 3.58. The van der Waals surface area contributed by atoms with E-state index in [1.54, 1.807) is 56.3 Å². The van der Waals surface area contributed by atoms with E-state index < -0.39 is 33.4 Å². The molecule has 0 spiro atoms. The highest BCUT2D eigenvalue weighted by Gasteiger charge is 2.51. The van der Waals surface area contributed by atoms with Crippen molar-refractivity contribution in [3.05, 3.63) is 54.6 Å². The molecule has 1 heterocycles. The minimum absolute atomic E-state index is 0.0923. The molecule has 0 aliphatic carbocycles. The van der Waals surface area contributed by atoms with Crippen molar-refractivity contribution in [2.24, 2.45) is 0 Å². The maximum Gasteiger partial charge on any atom is 0.252 e. The van der Waals surface area contributed by atoms with Gasteiger partial charge in [-0.3, -0.25) is 9.59 Å². The fourth-order valence-corrected chi connectivity index (χ4v) is 5.59. The van der Waals surface area contributed by atoms with Gasteiger partial charge in [0.25, 0.3) is 5.91 Å². The molecule has 3 rings (SSSR count). The lowest BCUT2D eigenvalue weighted by molar-refractivity contribution is -0.122. The van der Waals surface area contributed by atoms with Gasteiger partial charge in [0.1, 0.15) is 11.8 Å². The number of amides is 2. The van der Waals surface area contributed by atoms with Gasteiger partial charge in [0.15, 0.2) is 0 Å².